The number of sulfonamides is 1. The Morgan fingerprint density at radius 3 is 2.58 bits per heavy atom. The van der Waals surface area contributed by atoms with Crippen LogP contribution < -0.4 is 20.1 Å². The van der Waals surface area contributed by atoms with Gasteiger partial charge in [-0.1, -0.05) is 37.3 Å². The zero-order valence-corrected chi connectivity index (χ0v) is 24.1. The third-order valence-electron chi connectivity index (χ3n) is 6.61. The van der Waals surface area contributed by atoms with Crippen molar-refractivity contribution in [2.45, 2.75) is 46.3 Å². The molecule has 1 fully saturated rings. The maximum atomic E-state index is 13.4. The summed E-state index contributed by atoms with van der Waals surface area (Å²) >= 11 is 0. The van der Waals surface area contributed by atoms with E-state index in [0.717, 1.165) is 18.2 Å². The Morgan fingerprint density at radius 2 is 1.95 bits per heavy atom. The van der Waals surface area contributed by atoms with Crippen LogP contribution in [0.15, 0.2) is 70.3 Å². The van der Waals surface area contributed by atoms with E-state index in [9.17, 15) is 13.2 Å². The lowest BCUT2D eigenvalue weighted by Gasteiger charge is -2.34. The summed E-state index contributed by atoms with van der Waals surface area (Å²) < 4.78 is 35.5. The van der Waals surface area contributed by atoms with Crippen LogP contribution in [0.1, 0.15) is 50.0 Å². The van der Waals surface area contributed by atoms with Gasteiger partial charge in [-0.05, 0) is 50.8 Å². The number of ether oxygens (including phenoxy) is 1. The van der Waals surface area contributed by atoms with Crippen molar-refractivity contribution in [3.8, 4) is 11.7 Å². The molecular weight excluding hydrogens is 530 g/mol. The van der Waals surface area contributed by atoms with Crippen molar-refractivity contribution in [3.05, 3.63) is 76.5 Å². The SMILES string of the molecule is CN=CC(=C(C)N)S(=O)(=O)NC(=O)c1ccc(-n2ccc(OCc3ccccc3)n2)nc1N1C[C@@H](C)CC1(C)C. The van der Waals surface area contributed by atoms with Crippen LogP contribution in [-0.4, -0.2) is 54.4 Å². The van der Waals surface area contributed by atoms with Crippen molar-refractivity contribution in [1.82, 2.24) is 19.5 Å². The van der Waals surface area contributed by atoms with Crippen LogP contribution in [0.2, 0.25) is 0 Å². The van der Waals surface area contributed by atoms with Crippen molar-refractivity contribution >= 4 is 28.0 Å². The Kier molecular flexibility index (Phi) is 8.29. The molecule has 4 rings (SSSR count). The molecule has 11 nitrogen and oxygen atoms in total. The van der Waals surface area contributed by atoms with Crippen molar-refractivity contribution in [3.63, 3.8) is 0 Å². The minimum absolute atomic E-state index is 0.0121. The highest BCUT2D eigenvalue weighted by atomic mass is 32.2. The van der Waals surface area contributed by atoms with E-state index in [2.05, 4.69) is 35.6 Å². The standard InChI is InChI=1S/C28H35N7O4S/c1-19-15-28(3,4)34(17-19)26-22(27(36)33-40(37,38)23(16-30-5)20(2)29)11-12-24(31-26)35-14-13-25(32-35)39-18-21-9-7-6-8-10-21/h6-14,16,19H,15,17-18,29H2,1-5H3,(H,33,36)/t19-/m0/s1. The number of nitrogens with two attached hydrogens (primary N) is 1. The molecule has 0 unspecified atom stereocenters. The van der Waals surface area contributed by atoms with Crippen molar-refractivity contribution in [1.29, 1.82) is 0 Å². The summed E-state index contributed by atoms with van der Waals surface area (Å²) in [4.78, 5) is 23.8. The topological polar surface area (TPSA) is 145 Å². The number of pyridine rings is 1. The van der Waals surface area contributed by atoms with Crippen molar-refractivity contribution in [2.24, 2.45) is 16.6 Å². The van der Waals surface area contributed by atoms with E-state index < -0.39 is 15.9 Å². The molecule has 0 spiro atoms. The Bertz CT molecular complexity index is 1540. The number of anilines is 1. The molecule has 1 aliphatic rings. The van der Waals surface area contributed by atoms with Gasteiger partial charge in [0.1, 0.15) is 17.3 Å². The van der Waals surface area contributed by atoms with Crippen LogP contribution in [-0.2, 0) is 16.6 Å². The maximum absolute atomic E-state index is 13.4. The monoisotopic (exact) mass is 565 g/mol. The van der Waals surface area contributed by atoms with Crippen LogP contribution >= 0.6 is 0 Å². The molecule has 0 radical (unpaired) electrons. The average molecular weight is 566 g/mol. The van der Waals surface area contributed by atoms with Gasteiger partial charge in [-0.15, -0.1) is 5.10 Å². The van der Waals surface area contributed by atoms with Crippen molar-refractivity contribution < 1.29 is 17.9 Å². The number of aromatic nitrogens is 3. The van der Waals surface area contributed by atoms with Crippen LogP contribution in [0.4, 0.5) is 5.82 Å². The van der Waals surface area contributed by atoms with E-state index in [0.29, 0.717) is 36.6 Å². The first-order valence-electron chi connectivity index (χ1n) is 12.9. The van der Waals surface area contributed by atoms with Gasteiger partial charge >= 0.3 is 0 Å². The summed E-state index contributed by atoms with van der Waals surface area (Å²) in [6.07, 6.45) is 3.71. The molecule has 3 aromatic rings. The van der Waals surface area contributed by atoms with E-state index in [1.165, 1.54) is 14.0 Å². The van der Waals surface area contributed by atoms with Gasteiger partial charge < -0.3 is 15.4 Å². The molecule has 1 saturated heterocycles. The molecular formula is C28H35N7O4S. The second-order valence-electron chi connectivity index (χ2n) is 10.5. The Labute approximate surface area is 234 Å². The molecule has 1 aliphatic heterocycles. The quantitative estimate of drug-likeness (QED) is 0.376. The first kappa shape index (κ1) is 28.8. The summed E-state index contributed by atoms with van der Waals surface area (Å²) in [5, 5.41) is 4.49. The number of nitrogens with one attached hydrogen (secondary N) is 1. The highest BCUT2D eigenvalue weighted by Gasteiger charge is 2.39. The number of rotatable bonds is 9. The van der Waals surface area contributed by atoms with E-state index >= 15 is 0 Å². The normalized spacial score (nSPS) is 17.6. The molecule has 3 heterocycles. The minimum Gasteiger partial charge on any atom is -0.472 e. The van der Waals surface area contributed by atoms with E-state index in [1.54, 1.807) is 29.1 Å². The molecule has 212 valence electrons. The molecule has 40 heavy (non-hydrogen) atoms. The maximum Gasteiger partial charge on any atom is 0.268 e. The van der Waals surface area contributed by atoms with Crippen LogP contribution in [0.3, 0.4) is 0 Å². The van der Waals surface area contributed by atoms with Crippen LogP contribution in [0.25, 0.3) is 5.82 Å². The molecule has 1 aromatic carbocycles. The molecule has 12 heteroatoms. The van der Waals surface area contributed by atoms with Gasteiger partial charge in [0.25, 0.3) is 15.9 Å². The number of nitrogens with zero attached hydrogens (tertiary/aromatic N) is 5. The Balaban J connectivity index is 1.68. The third-order valence-corrected chi connectivity index (χ3v) is 8.07. The number of carbonyl (C=O) groups is 1. The van der Waals surface area contributed by atoms with Gasteiger partial charge in [0.15, 0.2) is 5.82 Å². The van der Waals surface area contributed by atoms with Gasteiger partial charge in [-0.2, -0.15) is 0 Å². The Hall–Kier alpha value is -4.19. The van der Waals surface area contributed by atoms with Gasteiger partial charge in [0.05, 0.1) is 5.56 Å². The summed E-state index contributed by atoms with van der Waals surface area (Å²) in [5.41, 5.74) is 6.59. The molecule has 3 N–H and O–H groups in total. The number of carbonyl (C=O) groups excluding carboxylic acids is 1. The minimum atomic E-state index is -4.27. The summed E-state index contributed by atoms with van der Waals surface area (Å²) in [7, 11) is -2.85. The summed E-state index contributed by atoms with van der Waals surface area (Å²) in [5.74, 6) is 0.763. The van der Waals surface area contributed by atoms with E-state index in [1.807, 2.05) is 35.2 Å². The fourth-order valence-electron chi connectivity index (χ4n) is 4.88. The molecule has 2 aromatic heterocycles. The number of allylic oxidation sites excluding steroid dienone is 2. The number of hydrogen-bond acceptors (Lipinski definition) is 9. The number of benzene rings is 1. The van der Waals surface area contributed by atoms with Gasteiger partial charge in [-0.3, -0.25) is 9.79 Å². The average Bonchev–Trinajstić information content (AvgIpc) is 3.48. The lowest BCUT2D eigenvalue weighted by Crippen LogP contribution is -2.41. The fraction of sp³-hybridized carbons (Fsp3) is 0.357. The predicted molar refractivity (Wildman–Crippen MR) is 155 cm³/mol. The van der Waals surface area contributed by atoms with Crippen LogP contribution in [0, 0.1) is 5.92 Å². The predicted octanol–water partition coefficient (Wildman–Crippen LogP) is 3.42. The van der Waals surface area contributed by atoms with Crippen molar-refractivity contribution in [2.75, 3.05) is 18.5 Å². The second kappa shape index (κ2) is 11.5. The lowest BCUT2D eigenvalue weighted by molar-refractivity contribution is 0.0982. The van der Waals surface area contributed by atoms with Gasteiger partial charge in [0.2, 0.25) is 5.88 Å². The highest BCUT2D eigenvalue weighted by molar-refractivity contribution is 7.94. The number of amides is 1. The van der Waals surface area contributed by atoms with E-state index in [-0.39, 0.29) is 21.7 Å². The third kappa shape index (κ3) is 6.33. The number of hydrogen-bond donors (Lipinski definition) is 2. The fourth-order valence-corrected chi connectivity index (χ4v) is 6.02. The molecule has 1 atom stereocenters. The zero-order chi connectivity index (χ0) is 29.1. The smallest absolute Gasteiger partial charge is 0.268 e. The first-order valence-corrected chi connectivity index (χ1v) is 14.4. The summed E-state index contributed by atoms with van der Waals surface area (Å²) in [6.45, 7) is 8.72. The zero-order valence-electron chi connectivity index (χ0n) is 23.3. The van der Waals surface area contributed by atoms with Gasteiger partial charge in [0, 0.05) is 43.3 Å². The number of aliphatic imine (C=N–C) groups is 1. The summed E-state index contributed by atoms with van der Waals surface area (Å²) in [6, 6.07) is 14.7. The largest absolute Gasteiger partial charge is 0.472 e. The highest BCUT2D eigenvalue weighted by Crippen LogP contribution is 2.37. The van der Waals surface area contributed by atoms with Gasteiger partial charge in [-0.25, -0.2) is 22.8 Å². The molecule has 0 bridgehead atoms. The molecule has 1 amide bonds. The second-order valence-corrected chi connectivity index (χ2v) is 12.2. The van der Waals surface area contributed by atoms with E-state index in [4.69, 9.17) is 15.5 Å². The van der Waals surface area contributed by atoms with Crippen LogP contribution in [0.5, 0.6) is 5.88 Å². The lowest BCUT2D eigenvalue weighted by atomic mass is 9.97. The Morgan fingerprint density at radius 1 is 1.23 bits per heavy atom. The molecule has 0 saturated carbocycles. The first-order chi connectivity index (χ1) is 18.9. The molecule has 0 aliphatic carbocycles.